The molecular weight excluding hydrogens is 486 g/mol. The standard InChI is InChI=1S/C33H41N3O3/c1-21(2)39-32(38)27-19-36(20-33(5,6)29-26-12-7-8-13-28(26)34-30(27)29)31(37)25-11-9-10-24(15-25)18-35-16-22(3)14-23(4)17-35/h7-13,15,19,21-23,34H,14,16-18,20H2,1-6H3/t22-,23?/m0/s1. The molecule has 2 atom stereocenters. The average Bonchev–Trinajstić information content (AvgIpc) is 3.20. The highest BCUT2D eigenvalue weighted by Gasteiger charge is 2.37. The second-order valence-corrected chi connectivity index (χ2v) is 12.6. The Balaban J connectivity index is 1.50. The zero-order valence-electron chi connectivity index (χ0n) is 24.1. The Bertz CT molecular complexity index is 1410. The first-order valence-corrected chi connectivity index (χ1v) is 14.2. The maximum absolute atomic E-state index is 14.0. The molecule has 0 radical (unpaired) electrons. The van der Waals surface area contributed by atoms with Crippen molar-refractivity contribution in [2.45, 2.75) is 66.0 Å². The molecule has 1 N–H and O–H groups in total. The molecule has 5 rings (SSSR count). The number of nitrogens with zero attached hydrogens (tertiary/aromatic N) is 2. The van der Waals surface area contributed by atoms with Crippen LogP contribution in [0.15, 0.2) is 54.7 Å². The first kappa shape index (κ1) is 27.2. The number of para-hydroxylation sites is 1. The number of likely N-dealkylation sites (tertiary alicyclic amines) is 1. The Labute approximate surface area is 232 Å². The van der Waals surface area contributed by atoms with E-state index in [1.54, 1.807) is 11.1 Å². The molecule has 2 aliphatic rings. The molecule has 6 heteroatoms. The lowest BCUT2D eigenvalue weighted by atomic mass is 9.81. The van der Waals surface area contributed by atoms with Crippen LogP contribution < -0.4 is 0 Å². The van der Waals surface area contributed by atoms with Gasteiger partial charge < -0.3 is 14.6 Å². The molecule has 1 fully saturated rings. The monoisotopic (exact) mass is 527 g/mol. The van der Waals surface area contributed by atoms with Crippen molar-refractivity contribution < 1.29 is 14.3 Å². The number of ether oxygens (including phenoxy) is 1. The van der Waals surface area contributed by atoms with Crippen molar-refractivity contribution >= 4 is 28.4 Å². The van der Waals surface area contributed by atoms with E-state index in [4.69, 9.17) is 4.74 Å². The summed E-state index contributed by atoms with van der Waals surface area (Å²) in [5.74, 6) is 0.811. The van der Waals surface area contributed by atoms with Crippen LogP contribution in [0.1, 0.15) is 75.1 Å². The zero-order valence-corrected chi connectivity index (χ0v) is 24.1. The van der Waals surface area contributed by atoms with Crippen LogP contribution in [0.25, 0.3) is 16.5 Å². The highest BCUT2D eigenvalue weighted by atomic mass is 16.5. The molecule has 1 unspecified atom stereocenters. The summed E-state index contributed by atoms with van der Waals surface area (Å²) in [4.78, 5) is 35.1. The Morgan fingerprint density at radius 1 is 1.05 bits per heavy atom. The average molecular weight is 528 g/mol. The number of piperidine rings is 1. The van der Waals surface area contributed by atoms with E-state index in [-0.39, 0.29) is 12.0 Å². The van der Waals surface area contributed by atoms with Gasteiger partial charge in [-0.1, -0.05) is 58.0 Å². The number of benzene rings is 2. The van der Waals surface area contributed by atoms with Gasteiger partial charge in [-0.3, -0.25) is 9.69 Å². The lowest BCUT2D eigenvalue weighted by Crippen LogP contribution is -2.38. The summed E-state index contributed by atoms with van der Waals surface area (Å²) in [7, 11) is 0. The Kier molecular flexibility index (Phi) is 7.43. The van der Waals surface area contributed by atoms with E-state index in [9.17, 15) is 9.59 Å². The number of hydrogen-bond acceptors (Lipinski definition) is 4. The predicted molar refractivity (Wildman–Crippen MR) is 156 cm³/mol. The van der Waals surface area contributed by atoms with Crippen LogP contribution in [-0.2, 0) is 21.5 Å². The molecule has 0 aliphatic carbocycles. The summed E-state index contributed by atoms with van der Waals surface area (Å²) in [5.41, 5.74) is 4.44. The van der Waals surface area contributed by atoms with Gasteiger partial charge in [0.25, 0.3) is 5.91 Å². The number of aromatic nitrogens is 1. The largest absolute Gasteiger partial charge is 0.459 e. The van der Waals surface area contributed by atoms with Crippen molar-refractivity contribution in [2.75, 3.05) is 19.6 Å². The first-order chi connectivity index (χ1) is 18.5. The summed E-state index contributed by atoms with van der Waals surface area (Å²) in [6, 6.07) is 16.0. The Morgan fingerprint density at radius 2 is 1.77 bits per heavy atom. The fourth-order valence-electron chi connectivity index (χ4n) is 6.53. The van der Waals surface area contributed by atoms with Crippen LogP contribution in [0, 0.1) is 11.8 Å². The molecule has 1 amide bonds. The zero-order chi connectivity index (χ0) is 27.9. The van der Waals surface area contributed by atoms with Gasteiger partial charge >= 0.3 is 5.97 Å². The quantitative estimate of drug-likeness (QED) is 0.392. The minimum Gasteiger partial charge on any atom is -0.459 e. The van der Waals surface area contributed by atoms with Gasteiger partial charge in [-0.2, -0.15) is 0 Å². The molecule has 1 aromatic heterocycles. The lowest BCUT2D eigenvalue weighted by molar-refractivity contribution is -0.140. The van der Waals surface area contributed by atoms with Crippen LogP contribution in [0.2, 0.25) is 0 Å². The first-order valence-electron chi connectivity index (χ1n) is 14.2. The van der Waals surface area contributed by atoms with Crippen LogP contribution in [0.5, 0.6) is 0 Å². The highest BCUT2D eigenvalue weighted by Crippen LogP contribution is 2.40. The molecule has 0 bridgehead atoms. The number of nitrogens with one attached hydrogen (secondary N) is 1. The summed E-state index contributed by atoms with van der Waals surface area (Å²) in [6.07, 6.45) is 2.69. The maximum Gasteiger partial charge on any atom is 0.342 e. The number of hydrogen-bond donors (Lipinski definition) is 1. The van der Waals surface area contributed by atoms with Crippen molar-refractivity contribution in [2.24, 2.45) is 11.8 Å². The Hall–Kier alpha value is -3.38. The number of carbonyl (C=O) groups is 2. The number of rotatable bonds is 5. The molecule has 2 aliphatic heterocycles. The number of carbonyl (C=O) groups excluding carboxylic acids is 2. The van der Waals surface area contributed by atoms with Gasteiger partial charge in [0.05, 0.1) is 17.4 Å². The van der Waals surface area contributed by atoms with Crippen LogP contribution in [0.3, 0.4) is 0 Å². The fraction of sp³-hybridized carbons (Fsp3) is 0.455. The van der Waals surface area contributed by atoms with E-state index in [0.717, 1.165) is 47.4 Å². The normalized spacial score (nSPS) is 21.4. The van der Waals surface area contributed by atoms with E-state index in [0.29, 0.717) is 29.5 Å². The fourth-order valence-corrected chi connectivity index (χ4v) is 6.53. The smallest absolute Gasteiger partial charge is 0.342 e. The van der Waals surface area contributed by atoms with Crippen LogP contribution >= 0.6 is 0 Å². The van der Waals surface area contributed by atoms with E-state index >= 15 is 0 Å². The van der Waals surface area contributed by atoms with Gasteiger partial charge in [-0.15, -0.1) is 0 Å². The molecule has 6 nitrogen and oxygen atoms in total. The molecule has 39 heavy (non-hydrogen) atoms. The molecule has 0 saturated carbocycles. The summed E-state index contributed by atoms with van der Waals surface area (Å²) in [5, 5.41) is 1.06. The van der Waals surface area contributed by atoms with Crippen LogP contribution in [-0.4, -0.2) is 52.4 Å². The second-order valence-electron chi connectivity index (χ2n) is 12.6. The summed E-state index contributed by atoms with van der Waals surface area (Å²) >= 11 is 0. The summed E-state index contributed by atoms with van der Waals surface area (Å²) < 4.78 is 5.65. The van der Waals surface area contributed by atoms with Crippen molar-refractivity contribution in [3.05, 3.63) is 77.1 Å². The molecule has 3 heterocycles. The Morgan fingerprint density at radius 3 is 2.49 bits per heavy atom. The number of fused-ring (bicyclic) bond motifs is 3. The number of esters is 1. The minimum atomic E-state index is -0.435. The lowest BCUT2D eigenvalue weighted by Gasteiger charge is -2.35. The maximum atomic E-state index is 14.0. The summed E-state index contributed by atoms with van der Waals surface area (Å²) in [6.45, 7) is 16.0. The number of H-pyrrole nitrogens is 1. The van der Waals surface area contributed by atoms with E-state index < -0.39 is 11.4 Å². The molecule has 206 valence electrons. The minimum absolute atomic E-state index is 0.116. The van der Waals surface area contributed by atoms with Crippen molar-refractivity contribution in [3.8, 4) is 0 Å². The molecule has 3 aromatic rings. The van der Waals surface area contributed by atoms with Gasteiger partial charge in [0.15, 0.2) is 0 Å². The van der Waals surface area contributed by atoms with Gasteiger partial charge in [0.1, 0.15) is 0 Å². The van der Waals surface area contributed by atoms with Crippen LogP contribution in [0.4, 0.5) is 0 Å². The van der Waals surface area contributed by atoms with Crippen molar-refractivity contribution in [1.82, 2.24) is 14.8 Å². The molecular formula is C33H41N3O3. The predicted octanol–water partition coefficient (Wildman–Crippen LogP) is 6.37. The highest BCUT2D eigenvalue weighted by molar-refractivity contribution is 6.18. The van der Waals surface area contributed by atoms with E-state index in [2.05, 4.69) is 49.7 Å². The third-order valence-corrected chi connectivity index (χ3v) is 7.85. The van der Waals surface area contributed by atoms with Gasteiger partial charge in [0, 0.05) is 54.3 Å². The van der Waals surface area contributed by atoms with Crippen molar-refractivity contribution in [1.29, 1.82) is 0 Å². The van der Waals surface area contributed by atoms with E-state index in [1.165, 1.54) is 6.42 Å². The second kappa shape index (κ2) is 10.6. The third kappa shape index (κ3) is 5.67. The van der Waals surface area contributed by atoms with Crippen molar-refractivity contribution in [3.63, 3.8) is 0 Å². The number of aromatic amines is 1. The topological polar surface area (TPSA) is 65.6 Å². The van der Waals surface area contributed by atoms with E-state index in [1.807, 2.05) is 50.2 Å². The molecule has 1 saturated heterocycles. The van der Waals surface area contributed by atoms with Gasteiger partial charge in [-0.05, 0) is 61.4 Å². The third-order valence-electron chi connectivity index (χ3n) is 7.85. The van der Waals surface area contributed by atoms with Gasteiger partial charge in [0.2, 0.25) is 0 Å². The van der Waals surface area contributed by atoms with Gasteiger partial charge in [-0.25, -0.2) is 4.79 Å². The molecule has 2 aromatic carbocycles. The molecule has 0 spiro atoms. The number of amides is 1. The SMILES string of the molecule is CC1C[C@H](C)CN(Cc2cccc(C(=O)N3C=C(C(=O)OC(C)C)c4[nH]c5ccccc5c4C(C)(C)C3)c2)C1.